The molecule has 0 aromatic heterocycles. The van der Waals surface area contributed by atoms with E-state index in [1.807, 2.05) is 18.2 Å². The van der Waals surface area contributed by atoms with Crippen molar-refractivity contribution in [2.75, 3.05) is 23.8 Å². The SMILES string of the molecule is S=C(Nc1ccc2c(c1)OCCO2)Nc1cc(Cl)ccc1Cl. The Morgan fingerprint density at radius 2 is 1.73 bits per heavy atom. The number of ether oxygens (including phenoxy) is 2. The van der Waals surface area contributed by atoms with Gasteiger partial charge in [-0.2, -0.15) is 0 Å². The lowest BCUT2D eigenvalue weighted by molar-refractivity contribution is 0.171. The molecule has 4 nitrogen and oxygen atoms in total. The van der Waals surface area contributed by atoms with Gasteiger partial charge in [0.2, 0.25) is 0 Å². The topological polar surface area (TPSA) is 42.5 Å². The lowest BCUT2D eigenvalue weighted by Crippen LogP contribution is -2.20. The second-order valence-corrected chi connectivity index (χ2v) is 5.81. The first kappa shape index (κ1) is 15.2. The average molecular weight is 355 g/mol. The molecule has 0 bridgehead atoms. The van der Waals surface area contributed by atoms with E-state index in [4.69, 9.17) is 44.9 Å². The molecule has 0 saturated carbocycles. The molecule has 0 fully saturated rings. The summed E-state index contributed by atoms with van der Waals surface area (Å²) < 4.78 is 11.0. The van der Waals surface area contributed by atoms with Crippen molar-refractivity contribution < 1.29 is 9.47 Å². The van der Waals surface area contributed by atoms with Crippen LogP contribution in [0.5, 0.6) is 11.5 Å². The third-order valence-electron chi connectivity index (χ3n) is 2.98. The molecular formula is C15H12Cl2N2O2S. The van der Waals surface area contributed by atoms with E-state index in [0.29, 0.717) is 39.8 Å². The van der Waals surface area contributed by atoms with Gasteiger partial charge in [0.05, 0.1) is 10.7 Å². The van der Waals surface area contributed by atoms with Gasteiger partial charge in [0.15, 0.2) is 16.6 Å². The van der Waals surface area contributed by atoms with Crippen LogP contribution in [0.2, 0.25) is 10.0 Å². The quantitative estimate of drug-likeness (QED) is 0.773. The summed E-state index contributed by atoms with van der Waals surface area (Å²) in [4.78, 5) is 0. The van der Waals surface area contributed by atoms with Crippen LogP contribution in [0.4, 0.5) is 11.4 Å². The normalized spacial score (nSPS) is 12.6. The van der Waals surface area contributed by atoms with Gasteiger partial charge in [-0.25, -0.2) is 0 Å². The molecule has 2 aromatic carbocycles. The van der Waals surface area contributed by atoms with Crippen LogP contribution < -0.4 is 20.1 Å². The fraction of sp³-hybridized carbons (Fsp3) is 0.133. The molecule has 0 saturated heterocycles. The van der Waals surface area contributed by atoms with Crippen LogP contribution >= 0.6 is 35.4 Å². The van der Waals surface area contributed by atoms with Gasteiger partial charge in [0, 0.05) is 16.8 Å². The van der Waals surface area contributed by atoms with E-state index < -0.39 is 0 Å². The zero-order valence-corrected chi connectivity index (χ0v) is 13.7. The molecule has 114 valence electrons. The van der Waals surface area contributed by atoms with Crippen molar-refractivity contribution in [1.82, 2.24) is 0 Å². The summed E-state index contributed by atoms with van der Waals surface area (Å²) in [6.45, 7) is 1.10. The van der Waals surface area contributed by atoms with E-state index in [-0.39, 0.29) is 0 Å². The zero-order chi connectivity index (χ0) is 15.5. The summed E-state index contributed by atoms with van der Waals surface area (Å²) in [5.74, 6) is 1.42. The van der Waals surface area contributed by atoms with E-state index in [9.17, 15) is 0 Å². The summed E-state index contributed by atoms with van der Waals surface area (Å²) in [7, 11) is 0. The van der Waals surface area contributed by atoms with Crippen LogP contribution in [-0.4, -0.2) is 18.3 Å². The molecule has 0 amide bonds. The Bertz CT molecular complexity index is 725. The summed E-state index contributed by atoms with van der Waals surface area (Å²) in [5, 5.41) is 7.60. The first-order chi connectivity index (χ1) is 10.6. The second-order valence-electron chi connectivity index (χ2n) is 4.56. The first-order valence-electron chi connectivity index (χ1n) is 6.54. The minimum Gasteiger partial charge on any atom is -0.486 e. The monoisotopic (exact) mass is 354 g/mol. The van der Waals surface area contributed by atoms with E-state index >= 15 is 0 Å². The van der Waals surface area contributed by atoms with Crippen LogP contribution in [0, 0.1) is 0 Å². The van der Waals surface area contributed by atoms with Crippen molar-refractivity contribution in [3.05, 3.63) is 46.4 Å². The summed E-state index contributed by atoms with van der Waals surface area (Å²) in [6.07, 6.45) is 0. The predicted molar refractivity (Wildman–Crippen MR) is 93.7 cm³/mol. The molecular weight excluding hydrogens is 343 g/mol. The van der Waals surface area contributed by atoms with E-state index in [1.54, 1.807) is 18.2 Å². The number of hydrogen-bond acceptors (Lipinski definition) is 3. The molecule has 2 N–H and O–H groups in total. The van der Waals surface area contributed by atoms with Gasteiger partial charge < -0.3 is 20.1 Å². The number of anilines is 2. The smallest absolute Gasteiger partial charge is 0.175 e. The maximum Gasteiger partial charge on any atom is 0.175 e. The Kier molecular flexibility index (Phi) is 4.57. The van der Waals surface area contributed by atoms with E-state index in [1.165, 1.54) is 0 Å². The van der Waals surface area contributed by atoms with Gasteiger partial charge in [-0.1, -0.05) is 23.2 Å². The third-order valence-corrected chi connectivity index (χ3v) is 3.75. The minimum atomic E-state index is 0.404. The Balaban J connectivity index is 1.70. The Morgan fingerprint density at radius 1 is 0.955 bits per heavy atom. The molecule has 1 aliphatic rings. The van der Waals surface area contributed by atoms with E-state index in [2.05, 4.69) is 10.6 Å². The number of nitrogens with one attached hydrogen (secondary N) is 2. The van der Waals surface area contributed by atoms with Crippen molar-refractivity contribution in [3.8, 4) is 11.5 Å². The van der Waals surface area contributed by atoms with Crippen LogP contribution in [0.15, 0.2) is 36.4 Å². The third kappa shape index (κ3) is 3.55. The fourth-order valence-electron chi connectivity index (χ4n) is 2.00. The van der Waals surface area contributed by atoms with Crippen LogP contribution in [0.3, 0.4) is 0 Å². The molecule has 2 aromatic rings. The number of benzene rings is 2. The number of thiocarbonyl (C=S) groups is 1. The lowest BCUT2D eigenvalue weighted by atomic mass is 10.2. The van der Waals surface area contributed by atoms with Crippen molar-refractivity contribution in [1.29, 1.82) is 0 Å². The molecule has 0 radical (unpaired) electrons. The molecule has 1 heterocycles. The van der Waals surface area contributed by atoms with Gasteiger partial charge in [0.25, 0.3) is 0 Å². The highest BCUT2D eigenvalue weighted by Gasteiger charge is 2.12. The number of hydrogen-bond donors (Lipinski definition) is 2. The molecule has 3 rings (SSSR count). The standard InChI is InChI=1S/C15H12Cl2N2O2S/c16-9-1-3-11(17)12(7-9)19-15(22)18-10-2-4-13-14(8-10)21-6-5-20-13/h1-4,7-8H,5-6H2,(H2,18,19,22). The van der Waals surface area contributed by atoms with Crippen molar-refractivity contribution >= 4 is 51.9 Å². The number of rotatable bonds is 2. The average Bonchev–Trinajstić information content (AvgIpc) is 2.51. The van der Waals surface area contributed by atoms with Gasteiger partial charge in [-0.05, 0) is 42.5 Å². The molecule has 7 heteroatoms. The van der Waals surface area contributed by atoms with Crippen LogP contribution in [0.25, 0.3) is 0 Å². The highest BCUT2D eigenvalue weighted by Crippen LogP contribution is 2.32. The Hall–Kier alpha value is -1.69. The molecule has 0 unspecified atom stereocenters. The van der Waals surface area contributed by atoms with Crippen molar-refractivity contribution in [3.63, 3.8) is 0 Å². The highest BCUT2D eigenvalue weighted by molar-refractivity contribution is 7.80. The van der Waals surface area contributed by atoms with Gasteiger partial charge in [0.1, 0.15) is 13.2 Å². The maximum absolute atomic E-state index is 6.09. The number of halogens is 2. The summed E-state index contributed by atoms with van der Waals surface area (Å²) >= 11 is 17.3. The molecule has 1 aliphatic heterocycles. The second kappa shape index (κ2) is 6.60. The van der Waals surface area contributed by atoms with Crippen LogP contribution in [0.1, 0.15) is 0 Å². The summed E-state index contributed by atoms with van der Waals surface area (Å²) in [6, 6.07) is 10.7. The largest absolute Gasteiger partial charge is 0.486 e. The molecule has 22 heavy (non-hydrogen) atoms. The highest BCUT2D eigenvalue weighted by atomic mass is 35.5. The maximum atomic E-state index is 6.09. The van der Waals surface area contributed by atoms with E-state index in [0.717, 1.165) is 11.4 Å². The molecule has 0 aliphatic carbocycles. The minimum absolute atomic E-state index is 0.404. The predicted octanol–water partition coefficient (Wildman–Crippen LogP) is 4.57. The Labute approximate surface area is 143 Å². The molecule has 0 spiro atoms. The molecule has 0 atom stereocenters. The first-order valence-corrected chi connectivity index (χ1v) is 7.71. The van der Waals surface area contributed by atoms with Gasteiger partial charge in [-0.3, -0.25) is 0 Å². The van der Waals surface area contributed by atoms with Gasteiger partial charge in [-0.15, -0.1) is 0 Å². The summed E-state index contributed by atoms with van der Waals surface area (Å²) in [5.41, 5.74) is 1.43. The fourth-order valence-corrected chi connectivity index (χ4v) is 2.56. The zero-order valence-electron chi connectivity index (χ0n) is 11.4. The van der Waals surface area contributed by atoms with Gasteiger partial charge >= 0.3 is 0 Å². The van der Waals surface area contributed by atoms with Crippen molar-refractivity contribution in [2.45, 2.75) is 0 Å². The lowest BCUT2D eigenvalue weighted by Gasteiger charge is -2.19. The van der Waals surface area contributed by atoms with Crippen molar-refractivity contribution in [2.24, 2.45) is 0 Å². The van der Waals surface area contributed by atoms with Crippen LogP contribution in [-0.2, 0) is 0 Å². The number of fused-ring (bicyclic) bond motifs is 1. The Morgan fingerprint density at radius 3 is 2.55 bits per heavy atom.